The summed E-state index contributed by atoms with van der Waals surface area (Å²) in [7, 11) is 1.54. The number of fused-ring (bicyclic) bond motifs is 1. The van der Waals surface area contributed by atoms with Crippen LogP contribution in [-0.4, -0.2) is 28.3 Å². The number of aliphatic hydroxyl groups is 1. The molecule has 0 bridgehead atoms. The number of H-pyrrole nitrogens is 1. The van der Waals surface area contributed by atoms with Gasteiger partial charge in [0, 0.05) is 22.5 Å². The average molecular weight is 287 g/mol. The molecule has 0 saturated carbocycles. The minimum Gasteiger partial charge on any atom is -0.496 e. The van der Waals surface area contributed by atoms with E-state index in [2.05, 4.69) is 15.5 Å². The lowest BCUT2D eigenvalue weighted by Crippen LogP contribution is -2.14. The lowest BCUT2D eigenvalue weighted by atomic mass is 10.1. The predicted octanol–water partition coefficient (Wildman–Crippen LogP) is 1.65. The minimum absolute atomic E-state index is 0.148. The Morgan fingerprint density at radius 2 is 2.33 bits per heavy atom. The monoisotopic (exact) mass is 287 g/mol. The van der Waals surface area contributed by atoms with E-state index in [-0.39, 0.29) is 12.5 Å². The number of aromatic nitrogens is 2. The molecular weight excluding hydrogens is 270 g/mol. The molecule has 21 heavy (non-hydrogen) atoms. The first kappa shape index (κ1) is 13.6. The van der Waals surface area contributed by atoms with Gasteiger partial charge in [0.05, 0.1) is 13.7 Å². The van der Waals surface area contributed by atoms with Gasteiger partial charge in [-0.05, 0) is 37.5 Å². The van der Waals surface area contributed by atoms with Crippen molar-refractivity contribution in [1.82, 2.24) is 10.2 Å². The number of carbonyl (C=O) groups excluding carboxylic acids is 1. The fourth-order valence-corrected chi connectivity index (χ4v) is 2.68. The topological polar surface area (TPSA) is 87.2 Å². The van der Waals surface area contributed by atoms with Crippen LogP contribution in [0.3, 0.4) is 0 Å². The molecule has 0 spiro atoms. The summed E-state index contributed by atoms with van der Waals surface area (Å²) in [6.45, 7) is -0.148. The molecule has 0 radical (unpaired) electrons. The molecule has 6 nitrogen and oxygen atoms in total. The Kier molecular flexibility index (Phi) is 3.62. The largest absolute Gasteiger partial charge is 0.496 e. The summed E-state index contributed by atoms with van der Waals surface area (Å²) in [5.41, 5.74) is 3.78. The number of anilines is 1. The minimum atomic E-state index is -0.233. The third-order valence-corrected chi connectivity index (χ3v) is 3.73. The zero-order valence-electron chi connectivity index (χ0n) is 11.8. The molecule has 1 aliphatic rings. The lowest BCUT2D eigenvalue weighted by molar-refractivity contribution is 0.102. The predicted molar refractivity (Wildman–Crippen MR) is 77.5 cm³/mol. The van der Waals surface area contributed by atoms with E-state index in [0.717, 1.165) is 30.5 Å². The number of hydrogen-bond donors (Lipinski definition) is 3. The number of nitrogens with one attached hydrogen (secondary N) is 2. The second-order valence-electron chi connectivity index (χ2n) is 5.02. The fourth-order valence-electron chi connectivity index (χ4n) is 2.68. The van der Waals surface area contributed by atoms with Gasteiger partial charge in [0.15, 0.2) is 5.69 Å². The van der Waals surface area contributed by atoms with Crippen LogP contribution in [-0.2, 0) is 19.4 Å². The molecule has 0 saturated heterocycles. The van der Waals surface area contributed by atoms with Crippen LogP contribution in [0.5, 0.6) is 5.75 Å². The standard InChI is InChI=1S/C15H17N3O3/c1-21-13-6-5-10(7-9(13)8-19)16-15(20)14-11-3-2-4-12(11)17-18-14/h5-7,19H,2-4,8H2,1H3,(H,16,20)(H,17,18). The van der Waals surface area contributed by atoms with Gasteiger partial charge >= 0.3 is 0 Å². The smallest absolute Gasteiger partial charge is 0.276 e. The number of hydrogen-bond acceptors (Lipinski definition) is 4. The Morgan fingerprint density at radius 1 is 1.48 bits per heavy atom. The number of aromatic amines is 1. The number of rotatable bonds is 4. The molecule has 0 atom stereocenters. The van der Waals surface area contributed by atoms with E-state index in [1.807, 2.05) is 0 Å². The van der Waals surface area contributed by atoms with Gasteiger partial charge in [-0.15, -0.1) is 0 Å². The number of carbonyl (C=O) groups is 1. The third kappa shape index (κ3) is 2.50. The van der Waals surface area contributed by atoms with E-state index in [1.165, 1.54) is 0 Å². The molecule has 1 aliphatic carbocycles. The summed E-state index contributed by atoms with van der Waals surface area (Å²) in [4.78, 5) is 12.3. The van der Waals surface area contributed by atoms with E-state index >= 15 is 0 Å². The van der Waals surface area contributed by atoms with Crippen molar-refractivity contribution < 1.29 is 14.6 Å². The SMILES string of the molecule is COc1ccc(NC(=O)c2n[nH]c3c2CCC3)cc1CO. The van der Waals surface area contributed by atoms with Crippen molar-refractivity contribution in [2.24, 2.45) is 0 Å². The molecule has 110 valence electrons. The van der Waals surface area contributed by atoms with Gasteiger partial charge < -0.3 is 15.2 Å². The van der Waals surface area contributed by atoms with Crippen molar-refractivity contribution in [3.8, 4) is 5.75 Å². The third-order valence-electron chi connectivity index (χ3n) is 3.73. The molecule has 1 amide bonds. The molecule has 3 N–H and O–H groups in total. The van der Waals surface area contributed by atoms with Gasteiger partial charge in [0.2, 0.25) is 0 Å². The van der Waals surface area contributed by atoms with Gasteiger partial charge in [0.1, 0.15) is 5.75 Å². The summed E-state index contributed by atoms with van der Waals surface area (Å²) in [6, 6.07) is 5.16. The van der Waals surface area contributed by atoms with E-state index < -0.39 is 0 Å². The van der Waals surface area contributed by atoms with Gasteiger partial charge in [-0.1, -0.05) is 0 Å². The van der Waals surface area contributed by atoms with Crippen molar-refractivity contribution in [3.63, 3.8) is 0 Å². The van der Waals surface area contributed by atoms with Gasteiger partial charge in [-0.3, -0.25) is 9.89 Å². The first-order chi connectivity index (χ1) is 10.2. The van der Waals surface area contributed by atoms with E-state index in [9.17, 15) is 9.90 Å². The summed E-state index contributed by atoms with van der Waals surface area (Å²) in [6.07, 6.45) is 2.90. The summed E-state index contributed by atoms with van der Waals surface area (Å²) < 4.78 is 5.14. The van der Waals surface area contributed by atoms with E-state index in [1.54, 1.807) is 25.3 Å². The second kappa shape index (κ2) is 5.57. The maximum atomic E-state index is 12.3. The number of aryl methyl sites for hydroxylation is 1. The van der Waals surface area contributed by atoms with Crippen molar-refractivity contribution in [3.05, 3.63) is 40.7 Å². The molecule has 0 fully saturated rings. The van der Waals surface area contributed by atoms with Crippen LogP contribution in [0.1, 0.15) is 33.7 Å². The number of nitrogens with zero attached hydrogens (tertiary/aromatic N) is 1. The highest BCUT2D eigenvalue weighted by Crippen LogP contribution is 2.25. The molecule has 0 unspecified atom stereocenters. The molecule has 2 aromatic rings. The van der Waals surface area contributed by atoms with Crippen LogP contribution >= 0.6 is 0 Å². The van der Waals surface area contributed by atoms with Crippen LogP contribution in [0.25, 0.3) is 0 Å². The first-order valence-corrected chi connectivity index (χ1v) is 6.88. The van der Waals surface area contributed by atoms with Crippen molar-refractivity contribution in [2.75, 3.05) is 12.4 Å². The zero-order chi connectivity index (χ0) is 14.8. The number of methoxy groups -OCH3 is 1. The van der Waals surface area contributed by atoms with Crippen molar-refractivity contribution in [2.45, 2.75) is 25.9 Å². The molecule has 3 rings (SSSR count). The van der Waals surface area contributed by atoms with Gasteiger partial charge in [-0.25, -0.2) is 0 Å². The van der Waals surface area contributed by atoms with Crippen molar-refractivity contribution >= 4 is 11.6 Å². The number of amides is 1. The number of benzene rings is 1. The van der Waals surface area contributed by atoms with Crippen molar-refractivity contribution in [1.29, 1.82) is 0 Å². The molecule has 1 aromatic heterocycles. The molecule has 1 aromatic carbocycles. The van der Waals surface area contributed by atoms with E-state index in [4.69, 9.17) is 4.74 Å². The molecular formula is C15H17N3O3. The van der Waals surface area contributed by atoms with Gasteiger partial charge in [-0.2, -0.15) is 5.10 Å². The highest BCUT2D eigenvalue weighted by atomic mass is 16.5. The Hall–Kier alpha value is -2.34. The van der Waals surface area contributed by atoms with Crippen LogP contribution in [0, 0.1) is 0 Å². The average Bonchev–Trinajstić information content (AvgIpc) is 3.09. The Morgan fingerprint density at radius 3 is 3.10 bits per heavy atom. The van der Waals surface area contributed by atoms with Crippen LogP contribution in [0.15, 0.2) is 18.2 Å². The molecule has 6 heteroatoms. The van der Waals surface area contributed by atoms with Crippen LogP contribution in [0.2, 0.25) is 0 Å². The normalized spacial score (nSPS) is 13.0. The molecule has 1 heterocycles. The highest BCUT2D eigenvalue weighted by Gasteiger charge is 2.23. The Labute approximate surface area is 122 Å². The van der Waals surface area contributed by atoms with E-state index in [0.29, 0.717) is 22.7 Å². The maximum absolute atomic E-state index is 12.3. The lowest BCUT2D eigenvalue weighted by Gasteiger charge is -2.09. The Balaban J connectivity index is 1.81. The first-order valence-electron chi connectivity index (χ1n) is 6.88. The van der Waals surface area contributed by atoms with Crippen LogP contribution in [0.4, 0.5) is 5.69 Å². The second-order valence-corrected chi connectivity index (χ2v) is 5.02. The Bertz CT molecular complexity index is 679. The van der Waals surface area contributed by atoms with Crippen LogP contribution < -0.4 is 10.1 Å². The summed E-state index contributed by atoms with van der Waals surface area (Å²) in [5.74, 6) is 0.361. The maximum Gasteiger partial charge on any atom is 0.276 e. The fraction of sp³-hybridized carbons (Fsp3) is 0.333. The quantitative estimate of drug-likeness (QED) is 0.798. The summed E-state index contributed by atoms with van der Waals surface area (Å²) >= 11 is 0. The molecule has 0 aliphatic heterocycles. The zero-order valence-corrected chi connectivity index (χ0v) is 11.8. The van der Waals surface area contributed by atoms with Gasteiger partial charge in [0.25, 0.3) is 5.91 Å². The summed E-state index contributed by atoms with van der Waals surface area (Å²) in [5, 5.41) is 19.1. The highest BCUT2D eigenvalue weighted by molar-refractivity contribution is 6.04. The number of aliphatic hydroxyl groups excluding tert-OH is 1. The number of ether oxygens (including phenoxy) is 1.